The van der Waals surface area contributed by atoms with E-state index in [1.54, 1.807) is 6.92 Å². The molecule has 0 spiro atoms. The van der Waals surface area contributed by atoms with Gasteiger partial charge in [-0.25, -0.2) is 0 Å². The summed E-state index contributed by atoms with van der Waals surface area (Å²) in [5.41, 5.74) is 0.960. The van der Waals surface area contributed by atoms with Crippen molar-refractivity contribution in [2.24, 2.45) is 7.05 Å². The van der Waals surface area contributed by atoms with Crippen molar-refractivity contribution >= 4 is 27.5 Å². The normalized spacial score (nSPS) is 18.5. The van der Waals surface area contributed by atoms with E-state index in [1.807, 2.05) is 29.6 Å². The van der Waals surface area contributed by atoms with Crippen LogP contribution in [0.5, 0.6) is 0 Å². The zero-order valence-electron chi connectivity index (χ0n) is 13.9. The van der Waals surface area contributed by atoms with Crippen LogP contribution in [0.4, 0.5) is 0 Å². The van der Waals surface area contributed by atoms with E-state index in [9.17, 15) is 4.79 Å². The predicted octanol–water partition coefficient (Wildman–Crippen LogP) is 2.65. The Morgan fingerprint density at radius 3 is 2.96 bits per heavy atom. The summed E-state index contributed by atoms with van der Waals surface area (Å²) < 4.78 is 6.92. The average molecular weight is 345 g/mol. The minimum atomic E-state index is 0.0838. The molecule has 126 valence electrons. The minimum Gasteiger partial charge on any atom is -0.340 e. The third-order valence-electron chi connectivity index (χ3n) is 4.52. The van der Waals surface area contributed by atoms with Crippen LogP contribution >= 0.6 is 11.3 Å². The lowest BCUT2D eigenvalue weighted by Gasteiger charge is -2.30. The highest BCUT2D eigenvalue weighted by atomic mass is 32.1. The van der Waals surface area contributed by atoms with Crippen LogP contribution in [0.3, 0.4) is 0 Å². The number of hydrogen-bond acceptors (Lipinski definition) is 6. The van der Waals surface area contributed by atoms with Gasteiger partial charge in [0.25, 0.3) is 5.91 Å². The molecule has 0 N–H and O–H groups in total. The molecule has 3 aromatic heterocycles. The fraction of sp³-hybridized carbons (Fsp3) is 0.500. The Balaban J connectivity index is 1.57. The van der Waals surface area contributed by atoms with Crippen molar-refractivity contribution in [1.82, 2.24) is 24.8 Å². The van der Waals surface area contributed by atoms with Crippen molar-refractivity contribution in [3.05, 3.63) is 28.4 Å². The summed E-state index contributed by atoms with van der Waals surface area (Å²) in [5.74, 6) is 1.51. The van der Waals surface area contributed by atoms with Gasteiger partial charge >= 0.3 is 0 Å². The van der Waals surface area contributed by atoms with Crippen molar-refractivity contribution in [2.45, 2.75) is 32.6 Å². The lowest BCUT2D eigenvalue weighted by Crippen LogP contribution is -2.39. The van der Waals surface area contributed by atoms with Gasteiger partial charge in [0, 0.05) is 38.4 Å². The first-order valence-corrected chi connectivity index (χ1v) is 8.87. The summed E-state index contributed by atoms with van der Waals surface area (Å²) in [6.45, 7) is 5.18. The molecule has 1 saturated heterocycles. The van der Waals surface area contributed by atoms with Crippen LogP contribution in [0, 0.1) is 13.8 Å². The smallest absolute Gasteiger partial charge is 0.264 e. The molecule has 1 aliphatic rings. The highest BCUT2D eigenvalue weighted by Crippen LogP contribution is 2.31. The van der Waals surface area contributed by atoms with Crippen molar-refractivity contribution in [3.63, 3.8) is 0 Å². The maximum atomic E-state index is 12.9. The summed E-state index contributed by atoms with van der Waals surface area (Å²) in [4.78, 5) is 21.0. The average Bonchev–Trinajstić information content (AvgIpc) is 3.25. The third kappa shape index (κ3) is 2.50. The van der Waals surface area contributed by atoms with E-state index in [0.717, 1.165) is 40.2 Å². The largest absolute Gasteiger partial charge is 0.340 e. The topological polar surface area (TPSA) is 77.1 Å². The first-order valence-electron chi connectivity index (χ1n) is 8.05. The van der Waals surface area contributed by atoms with Crippen molar-refractivity contribution in [3.8, 4) is 0 Å². The van der Waals surface area contributed by atoms with E-state index < -0.39 is 0 Å². The summed E-state index contributed by atoms with van der Waals surface area (Å²) in [6, 6.07) is 1.97. The molecule has 0 aliphatic carbocycles. The molecule has 0 aromatic carbocycles. The van der Waals surface area contributed by atoms with Gasteiger partial charge in [-0.2, -0.15) is 10.1 Å². The molecule has 0 unspecified atom stereocenters. The lowest BCUT2D eigenvalue weighted by molar-refractivity contribution is 0.0708. The number of nitrogens with zero attached hydrogens (tertiary/aromatic N) is 5. The number of amides is 1. The summed E-state index contributed by atoms with van der Waals surface area (Å²) in [7, 11) is 1.91. The number of thiophene rings is 1. The quantitative estimate of drug-likeness (QED) is 0.713. The summed E-state index contributed by atoms with van der Waals surface area (Å²) in [6.07, 6.45) is 1.94. The van der Waals surface area contributed by atoms with E-state index in [4.69, 9.17) is 4.52 Å². The molecule has 4 heterocycles. The first kappa shape index (κ1) is 15.3. The molecule has 1 aliphatic heterocycles. The summed E-state index contributed by atoms with van der Waals surface area (Å²) >= 11 is 1.51. The molecular formula is C16H19N5O2S. The molecule has 0 radical (unpaired) electrons. The monoisotopic (exact) mass is 345 g/mol. The molecule has 8 heteroatoms. The number of carbonyl (C=O) groups is 1. The number of hydrogen-bond donors (Lipinski definition) is 0. The van der Waals surface area contributed by atoms with Gasteiger partial charge in [0.1, 0.15) is 4.83 Å². The van der Waals surface area contributed by atoms with Crippen LogP contribution in [0.25, 0.3) is 10.2 Å². The number of carbonyl (C=O) groups excluding carboxylic acids is 1. The van der Waals surface area contributed by atoms with E-state index in [0.29, 0.717) is 18.3 Å². The van der Waals surface area contributed by atoms with Crippen molar-refractivity contribution in [2.75, 3.05) is 13.1 Å². The van der Waals surface area contributed by atoms with Gasteiger partial charge in [0.2, 0.25) is 5.89 Å². The number of piperidine rings is 1. The fourth-order valence-electron chi connectivity index (χ4n) is 3.32. The predicted molar refractivity (Wildman–Crippen MR) is 90.2 cm³/mol. The van der Waals surface area contributed by atoms with Gasteiger partial charge < -0.3 is 9.42 Å². The van der Waals surface area contributed by atoms with Crippen LogP contribution in [0.1, 0.15) is 45.8 Å². The van der Waals surface area contributed by atoms with Gasteiger partial charge in [0.05, 0.1) is 10.6 Å². The van der Waals surface area contributed by atoms with Gasteiger partial charge in [-0.15, -0.1) is 11.3 Å². The molecular weight excluding hydrogens is 326 g/mol. The van der Waals surface area contributed by atoms with Gasteiger partial charge in [-0.1, -0.05) is 5.16 Å². The van der Waals surface area contributed by atoms with Crippen LogP contribution in [0.2, 0.25) is 0 Å². The van der Waals surface area contributed by atoms with Crippen LogP contribution in [0.15, 0.2) is 10.6 Å². The second-order valence-corrected chi connectivity index (χ2v) is 7.33. The van der Waals surface area contributed by atoms with Crippen LogP contribution in [-0.4, -0.2) is 43.8 Å². The van der Waals surface area contributed by atoms with Gasteiger partial charge in [-0.05, 0) is 25.8 Å². The maximum Gasteiger partial charge on any atom is 0.264 e. The van der Waals surface area contributed by atoms with E-state index in [2.05, 4.69) is 15.2 Å². The zero-order chi connectivity index (χ0) is 16.8. The third-order valence-corrected chi connectivity index (χ3v) is 5.71. The molecule has 3 aromatic rings. The summed E-state index contributed by atoms with van der Waals surface area (Å²) in [5, 5.41) is 9.48. The molecule has 1 amide bonds. The molecule has 1 fully saturated rings. The second kappa shape index (κ2) is 5.70. The Hall–Kier alpha value is -2.22. The number of rotatable bonds is 2. The Morgan fingerprint density at radius 2 is 2.25 bits per heavy atom. The van der Waals surface area contributed by atoms with E-state index in [-0.39, 0.29) is 11.8 Å². The van der Waals surface area contributed by atoms with E-state index in [1.165, 1.54) is 11.3 Å². The fourth-order valence-corrected chi connectivity index (χ4v) is 4.41. The molecule has 4 rings (SSSR count). The molecule has 0 bridgehead atoms. The first-order chi connectivity index (χ1) is 11.5. The molecule has 7 nitrogen and oxygen atoms in total. The van der Waals surface area contributed by atoms with Crippen LogP contribution < -0.4 is 0 Å². The zero-order valence-corrected chi connectivity index (χ0v) is 14.8. The van der Waals surface area contributed by atoms with Crippen molar-refractivity contribution < 1.29 is 9.32 Å². The van der Waals surface area contributed by atoms with E-state index >= 15 is 0 Å². The molecule has 1 atom stereocenters. The van der Waals surface area contributed by atoms with Gasteiger partial charge in [0.15, 0.2) is 5.82 Å². The van der Waals surface area contributed by atoms with Crippen molar-refractivity contribution in [1.29, 1.82) is 0 Å². The van der Waals surface area contributed by atoms with Gasteiger partial charge in [-0.3, -0.25) is 9.48 Å². The Morgan fingerprint density at radius 1 is 1.42 bits per heavy atom. The molecule has 0 saturated carbocycles. The Labute approximate surface area is 143 Å². The minimum absolute atomic E-state index is 0.0838. The highest BCUT2D eigenvalue weighted by Gasteiger charge is 2.29. The Kier molecular flexibility index (Phi) is 3.64. The second-order valence-electron chi connectivity index (χ2n) is 6.30. The number of likely N-dealkylation sites (tertiary alicyclic amines) is 1. The highest BCUT2D eigenvalue weighted by molar-refractivity contribution is 7.20. The number of aromatic nitrogens is 4. The Bertz CT molecular complexity index is 874. The standard InChI is InChI=1S/C16H19N5O2S/c1-9-12-7-13(24-16(12)20(3)18-9)15(22)21-6-4-5-11(8-21)14-17-10(2)23-19-14/h7,11H,4-6,8H2,1-3H3/t11-/m1/s1. The number of aryl methyl sites for hydroxylation is 3. The SMILES string of the molecule is Cc1nc([C@@H]2CCCN(C(=O)c3cc4c(C)nn(C)c4s3)C2)no1. The van der Waals surface area contributed by atoms with Crippen LogP contribution in [-0.2, 0) is 7.05 Å². The maximum absolute atomic E-state index is 12.9. The number of fused-ring (bicyclic) bond motifs is 1. The molecule has 24 heavy (non-hydrogen) atoms. The lowest BCUT2D eigenvalue weighted by atomic mass is 9.97.